The summed E-state index contributed by atoms with van der Waals surface area (Å²) in [6.07, 6.45) is -0.503. The number of hydrogen-bond donors (Lipinski definition) is 2. The van der Waals surface area contributed by atoms with E-state index in [-0.39, 0.29) is 18.1 Å². The Bertz CT molecular complexity index is 447. The van der Waals surface area contributed by atoms with Crippen LogP contribution in [0.25, 0.3) is 0 Å². The van der Waals surface area contributed by atoms with Gasteiger partial charge in [0.1, 0.15) is 5.75 Å². The third-order valence-corrected chi connectivity index (χ3v) is 2.55. The van der Waals surface area contributed by atoms with Crippen LogP contribution in [0.5, 0.6) is 5.75 Å². The van der Waals surface area contributed by atoms with E-state index in [1.807, 2.05) is 33.8 Å². The number of aliphatic hydroxyl groups excluding tert-OH is 1. The minimum absolute atomic E-state index is 0.00780. The first-order chi connectivity index (χ1) is 8.69. The molecule has 0 bridgehead atoms. The number of amides is 1. The van der Waals surface area contributed by atoms with Crippen molar-refractivity contribution in [1.82, 2.24) is 5.32 Å². The first-order valence-electron chi connectivity index (χ1n) is 6.41. The predicted octanol–water partition coefficient (Wildman–Crippen LogP) is 2.34. The molecule has 0 heterocycles. The first kappa shape index (κ1) is 15.5. The number of rotatable bonds is 4. The first-order valence-corrected chi connectivity index (χ1v) is 6.41. The monoisotopic (exact) mass is 265 g/mol. The maximum absolute atomic E-state index is 11.6. The van der Waals surface area contributed by atoms with E-state index in [0.717, 1.165) is 11.1 Å². The van der Waals surface area contributed by atoms with E-state index in [9.17, 15) is 9.90 Å². The summed E-state index contributed by atoms with van der Waals surface area (Å²) >= 11 is 0. The van der Waals surface area contributed by atoms with Crippen molar-refractivity contribution in [2.24, 2.45) is 0 Å². The van der Waals surface area contributed by atoms with E-state index in [4.69, 9.17) is 4.74 Å². The van der Waals surface area contributed by atoms with Gasteiger partial charge in [-0.05, 0) is 57.9 Å². The van der Waals surface area contributed by atoms with Gasteiger partial charge in [-0.15, -0.1) is 0 Å². The van der Waals surface area contributed by atoms with Crippen LogP contribution in [0.2, 0.25) is 0 Å². The van der Waals surface area contributed by atoms with Gasteiger partial charge >= 0.3 is 0 Å². The Morgan fingerprint density at radius 2 is 2.05 bits per heavy atom. The molecule has 2 N–H and O–H groups in total. The molecule has 0 aromatic heterocycles. The second-order valence-corrected chi connectivity index (χ2v) is 5.79. The molecule has 0 aliphatic rings. The molecule has 4 heteroatoms. The van der Waals surface area contributed by atoms with E-state index in [2.05, 4.69) is 5.32 Å². The number of carbonyl (C=O) groups excluding carboxylic acids is 1. The van der Waals surface area contributed by atoms with Crippen LogP contribution in [0.4, 0.5) is 0 Å². The zero-order valence-electron chi connectivity index (χ0n) is 12.3. The molecule has 1 amide bonds. The fraction of sp³-hybridized carbons (Fsp3) is 0.533. The lowest BCUT2D eigenvalue weighted by molar-refractivity contribution is -0.124. The fourth-order valence-corrected chi connectivity index (χ4v) is 1.69. The van der Waals surface area contributed by atoms with Crippen molar-refractivity contribution in [2.45, 2.75) is 46.3 Å². The molecule has 0 fully saturated rings. The maximum atomic E-state index is 11.6. The topological polar surface area (TPSA) is 58.6 Å². The van der Waals surface area contributed by atoms with Gasteiger partial charge in [0, 0.05) is 5.54 Å². The standard InChI is InChI=1S/C15H23NO3/c1-10-8-12(11(2)17)6-7-13(10)19-9-14(18)16-15(3,4)5/h6-8,11,17H,9H2,1-5H3,(H,16,18)/t11-/m1/s1. The molecule has 0 aliphatic carbocycles. The molecule has 0 radical (unpaired) electrons. The second-order valence-electron chi connectivity index (χ2n) is 5.79. The zero-order valence-corrected chi connectivity index (χ0v) is 12.3. The highest BCUT2D eigenvalue weighted by atomic mass is 16.5. The molecule has 1 rings (SSSR count). The predicted molar refractivity (Wildman–Crippen MR) is 75.2 cm³/mol. The van der Waals surface area contributed by atoms with E-state index in [1.54, 1.807) is 19.1 Å². The molecule has 0 spiro atoms. The summed E-state index contributed by atoms with van der Waals surface area (Å²) in [5.41, 5.74) is 1.48. The third-order valence-electron chi connectivity index (χ3n) is 2.55. The molecule has 4 nitrogen and oxygen atoms in total. The SMILES string of the molecule is Cc1cc([C@@H](C)O)ccc1OCC(=O)NC(C)(C)C. The zero-order chi connectivity index (χ0) is 14.6. The van der Waals surface area contributed by atoms with Gasteiger partial charge in [-0.1, -0.05) is 6.07 Å². The Balaban J connectivity index is 2.61. The number of nitrogens with one attached hydrogen (secondary N) is 1. The Hall–Kier alpha value is -1.55. The highest BCUT2D eigenvalue weighted by Gasteiger charge is 2.14. The number of carbonyl (C=O) groups is 1. The van der Waals surface area contributed by atoms with Gasteiger partial charge in [0.15, 0.2) is 6.61 Å². The van der Waals surface area contributed by atoms with Crippen LogP contribution in [0.3, 0.4) is 0 Å². The van der Waals surface area contributed by atoms with Gasteiger partial charge in [-0.25, -0.2) is 0 Å². The number of hydrogen-bond acceptors (Lipinski definition) is 3. The summed E-state index contributed by atoms with van der Waals surface area (Å²) in [7, 11) is 0. The smallest absolute Gasteiger partial charge is 0.258 e. The molecule has 0 aliphatic heterocycles. The number of benzene rings is 1. The number of aliphatic hydroxyl groups is 1. The van der Waals surface area contributed by atoms with E-state index in [0.29, 0.717) is 5.75 Å². The third kappa shape index (κ3) is 5.30. The minimum Gasteiger partial charge on any atom is -0.484 e. The molecular weight excluding hydrogens is 242 g/mol. The van der Waals surface area contributed by atoms with Gasteiger partial charge in [-0.3, -0.25) is 4.79 Å². The molecule has 0 unspecified atom stereocenters. The molecule has 106 valence electrons. The van der Waals surface area contributed by atoms with Crippen molar-refractivity contribution in [3.05, 3.63) is 29.3 Å². The lowest BCUT2D eigenvalue weighted by Gasteiger charge is -2.20. The normalized spacial score (nSPS) is 12.9. The van der Waals surface area contributed by atoms with Gasteiger partial charge in [-0.2, -0.15) is 0 Å². The average Bonchev–Trinajstić information content (AvgIpc) is 2.24. The average molecular weight is 265 g/mol. The molecular formula is C15H23NO3. The molecule has 0 saturated carbocycles. The van der Waals surface area contributed by atoms with Crippen molar-refractivity contribution in [2.75, 3.05) is 6.61 Å². The van der Waals surface area contributed by atoms with Crippen molar-refractivity contribution >= 4 is 5.91 Å². The number of aryl methyl sites for hydroxylation is 1. The summed E-state index contributed by atoms with van der Waals surface area (Å²) in [5.74, 6) is 0.514. The van der Waals surface area contributed by atoms with Crippen molar-refractivity contribution in [1.29, 1.82) is 0 Å². The second kappa shape index (κ2) is 6.06. The largest absolute Gasteiger partial charge is 0.484 e. The van der Waals surface area contributed by atoms with E-state index >= 15 is 0 Å². The molecule has 0 saturated heterocycles. The van der Waals surface area contributed by atoms with Crippen LogP contribution in [0.1, 0.15) is 44.9 Å². The minimum atomic E-state index is -0.503. The van der Waals surface area contributed by atoms with E-state index in [1.165, 1.54) is 0 Å². The molecule has 1 aromatic rings. The van der Waals surface area contributed by atoms with Gasteiger partial charge in [0.25, 0.3) is 5.91 Å². The maximum Gasteiger partial charge on any atom is 0.258 e. The fourth-order valence-electron chi connectivity index (χ4n) is 1.69. The highest BCUT2D eigenvalue weighted by Crippen LogP contribution is 2.22. The van der Waals surface area contributed by atoms with Gasteiger partial charge in [0.2, 0.25) is 0 Å². The number of ether oxygens (including phenoxy) is 1. The van der Waals surface area contributed by atoms with Crippen molar-refractivity contribution < 1.29 is 14.6 Å². The van der Waals surface area contributed by atoms with Crippen LogP contribution in [0, 0.1) is 6.92 Å². The Morgan fingerprint density at radius 1 is 1.42 bits per heavy atom. The van der Waals surface area contributed by atoms with Crippen LogP contribution in [-0.4, -0.2) is 23.2 Å². The van der Waals surface area contributed by atoms with Crippen LogP contribution >= 0.6 is 0 Å². The van der Waals surface area contributed by atoms with Crippen molar-refractivity contribution in [3.8, 4) is 5.75 Å². The van der Waals surface area contributed by atoms with E-state index < -0.39 is 6.10 Å². The summed E-state index contributed by atoms with van der Waals surface area (Å²) in [5, 5.41) is 12.3. The summed E-state index contributed by atoms with van der Waals surface area (Å²) in [6.45, 7) is 9.37. The molecule has 1 atom stereocenters. The lowest BCUT2D eigenvalue weighted by atomic mass is 10.1. The quantitative estimate of drug-likeness (QED) is 0.878. The lowest BCUT2D eigenvalue weighted by Crippen LogP contribution is -2.43. The summed E-state index contributed by atoms with van der Waals surface area (Å²) in [4.78, 5) is 11.6. The van der Waals surface area contributed by atoms with Crippen LogP contribution in [-0.2, 0) is 4.79 Å². The molecule has 19 heavy (non-hydrogen) atoms. The van der Waals surface area contributed by atoms with Gasteiger partial charge < -0.3 is 15.2 Å². The van der Waals surface area contributed by atoms with Gasteiger partial charge in [0.05, 0.1) is 6.10 Å². The highest BCUT2D eigenvalue weighted by molar-refractivity contribution is 5.78. The Labute approximate surface area is 114 Å². The summed E-state index contributed by atoms with van der Waals surface area (Å²) < 4.78 is 5.49. The molecule has 1 aromatic carbocycles. The Morgan fingerprint density at radius 3 is 2.53 bits per heavy atom. The van der Waals surface area contributed by atoms with Crippen LogP contribution < -0.4 is 10.1 Å². The van der Waals surface area contributed by atoms with Crippen molar-refractivity contribution in [3.63, 3.8) is 0 Å². The summed E-state index contributed by atoms with van der Waals surface area (Å²) in [6, 6.07) is 5.44. The Kier molecular flexibility index (Phi) is 4.95. The van der Waals surface area contributed by atoms with Crippen LogP contribution in [0.15, 0.2) is 18.2 Å².